The second kappa shape index (κ2) is 8.64. The van der Waals surface area contributed by atoms with Crippen LogP contribution in [0.15, 0.2) is 42.7 Å². The van der Waals surface area contributed by atoms with E-state index in [0.717, 1.165) is 0 Å². The van der Waals surface area contributed by atoms with Crippen LogP contribution in [0, 0.1) is 0 Å². The van der Waals surface area contributed by atoms with E-state index in [2.05, 4.69) is 15.6 Å². The first-order valence-electron chi connectivity index (χ1n) is 7.32. The first-order chi connectivity index (χ1) is 11.7. The highest BCUT2D eigenvalue weighted by Crippen LogP contribution is 2.21. The SMILES string of the molecule is COCCNC(=O)c1cncc(Nc2ccccc2C(=O)OC)c1. The molecular weight excluding hydrogens is 310 g/mol. The van der Waals surface area contributed by atoms with Gasteiger partial charge in [-0.25, -0.2) is 4.79 Å². The zero-order valence-electron chi connectivity index (χ0n) is 13.5. The number of hydrogen-bond acceptors (Lipinski definition) is 6. The molecule has 1 aromatic heterocycles. The van der Waals surface area contributed by atoms with Gasteiger partial charge in [-0.05, 0) is 18.2 Å². The fourth-order valence-corrected chi connectivity index (χ4v) is 2.04. The number of pyridine rings is 1. The molecule has 2 rings (SSSR count). The predicted molar refractivity (Wildman–Crippen MR) is 89.5 cm³/mol. The number of nitrogens with one attached hydrogen (secondary N) is 2. The number of benzene rings is 1. The maximum absolute atomic E-state index is 12.0. The molecule has 7 heteroatoms. The lowest BCUT2D eigenvalue weighted by molar-refractivity contribution is 0.0601. The Kier molecular flexibility index (Phi) is 6.27. The van der Waals surface area contributed by atoms with E-state index < -0.39 is 5.97 Å². The van der Waals surface area contributed by atoms with Crippen molar-refractivity contribution < 1.29 is 19.1 Å². The third kappa shape index (κ3) is 4.53. The molecule has 126 valence electrons. The number of carbonyl (C=O) groups is 2. The summed E-state index contributed by atoms with van der Waals surface area (Å²) in [7, 11) is 2.89. The maximum Gasteiger partial charge on any atom is 0.339 e. The summed E-state index contributed by atoms with van der Waals surface area (Å²) < 4.78 is 9.65. The average molecular weight is 329 g/mol. The van der Waals surface area contributed by atoms with Crippen LogP contribution in [0.1, 0.15) is 20.7 Å². The van der Waals surface area contributed by atoms with Crippen LogP contribution in [0.3, 0.4) is 0 Å². The maximum atomic E-state index is 12.0. The topological polar surface area (TPSA) is 89.5 Å². The quantitative estimate of drug-likeness (QED) is 0.596. The van der Waals surface area contributed by atoms with Crippen molar-refractivity contribution >= 4 is 23.3 Å². The fourth-order valence-electron chi connectivity index (χ4n) is 2.04. The summed E-state index contributed by atoms with van der Waals surface area (Å²) in [4.78, 5) is 27.9. The summed E-state index contributed by atoms with van der Waals surface area (Å²) in [6.45, 7) is 0.849. The second-order valence-electron chi connectivity index (χ2n) is 4.87. The average Bonchev–Trinajstić information content (AvgIpc) is 2.62. The molecule has 0 fully saturated rings. The molecule has 1 heterocycles. The second-order valence-corrected chi connectivity index (χ2v) is 4.87. The number of aromatic nitrogens is 1. The Morgan fingerprint density at radius 1 is 1.17 bits per heavy atom. The van der Waals surface area contributed by atoms with Crippen molar-refractivity contribution in [2.24, 2.45) is 0 Å². The Balaban J connectivity index is 2.15. The lowest BCUT2D eigenvalue weighted by atomic mass is 10.1. The Hall–Kier alpha value is -2.93. The molecule has 1 aromatic carbocycles. The fraction of sp³-hybridized carbons (Fsp3) is 0.235. The summed E-state index contributed by atoms with van der Waals surface area (Å²) in [5.41, 5.74) is 1.97. The Labute approximate surface area is 140 Å². The van der Waals surface area contributed by atoms with Crippen LogP contribution in [-0.2, 0) is 9.47 Å². The number of methoxy groups -OCH3 is 2. The van der Waals surface area contributed by atoms with Gasteiger partial charge in [0.1, 0.15) is 0 Å². The van der Waals surface area contributed by atoms with Gasteiger partial charge in [-0.3, -0.25) is 9.78 Å². The van der Waals surface area contributed by atoms with E-state index in [4.69, 9.17) is 9.47 Å². The number of para-hydroxylation sites is 1. The molecule has 0 aliphatic rings. The smallest absolute Gasteiger partial charge is 0.339 e. The Morgan fingerprint density at radius 3 is 2.71 bits per heavy atom. The molecule has 0 bridgehead atoms. The largest absolute Gasteiger partial charge is 0.465 e. The van der Waals surface area contributed by atoms with Gasteiger partial charge in [0.15, 0.2) is 0 Å². The molecular formula is C17H19N3O4. The number of amides is 1. The van der Waals surface area contributed by atoms with E-state index >= 15 is 0 Å². The number of esters is 1. The summed E-state index contributed by atoms with van der Waals surface area (Å²) in [6, 6.07) is 8.60. The van der Waals surface area contributed by atoms with Crippen LogP contribution in [0.25, 0.3) is 0 Å². The third-order valence-electron chi connectivity index (χ3n) is 3.20. The number of rotatable bonds is 7. The summed E-state index contributed by atoms with van der Waals surface area (Å²) >= 11 is 0. The number of ether oxygens (including phenoxy) is 2. The van der Waals surface area contributed by atoms with Crippen molar-refractivity contribution in [3.05, 3.63) is 53.9 Å². The normalized spacial score (nSPS) is 10.1. The highest BCUT2D eigenvalue weighted by Gasteiger charge is 2.12. The predicted octanol–water partition coefficient (Wildman–Crippen LogP) is 1.99. The molecule has 1 amide bonds. The van der Waals surface area contributed by atoms with Gasteiger partial charge in [0, 0.05) is 19.9 Å². The van der Waals surface area contributed by atoms with Gasteiger partial charge < -0.3 is 20.1 Å². The Bertz CT molecular complexity index is 718. The summed E-state index contributed by atoms with van der Waals surface area (Å²) in [5, 5.41) is 5.81. The molecule has 0 aliphatic carbocycles. The van der Waals surface area contributed by atoms with Crippen LogP contribution in [0.2, 0.25) is 0 Å². The van der Waals surface area contributed by atoms with Crippen LogP contribution in [0.4, 0.5) is 11.4 Å². The highest BCUT2D eigenvalue weighted by atomic mass is 16.5. The van der Waals surface area contributed by atoms with E-state index in [1.807, 2.05) is 0 Å². The molecule has 0 saturated carbocycles. The minimum Gasteiger partial charge on any atom is -0.465 e. The molecule has 0 saturated heterocycles. The molecule has 0 unspecified atom stereocenters. The van der Waals surface area contributed by atoms with Gasteiger partial charge in [0.2, 0.25) is 0 Å². The van der Waals surface area contributed by atoms with Gasteiger partial charge in [0.25, 0.3) is 5.91 Å². The minimum atomic E-state index is -0.445. The lowest BCUT2D eigenvalue weighted by Crippen LogP contribution is -2.27. The summed E-state index contributed by atoms with van der Waals surface area (Å²) in [6.07, 6.45) is 3.04. The molecule has 2 aromatic rings. The number of anilines is 2. The van der Waals surface area contributed by atoms with Gasteiger partial charge in [-0.15, -0.1) is 0 Å². The zero-order valence-corrected chi connectivity index (χ0v) is 13.5. The van der Waals surface area contributed by atoms with Crippen LogP contribution >= 0.6 is 0 Å². The van der Waals surface area contributed by atoms with Crippen molar-refractivity contribution in [1.82, 2.24) is 10.3 Å². The molecule has 24 heavy (non-hydrogen) atoms. The van der Waals surface area contributed by atoms with Gasteiger partial charge in [-0.1, -0.05) is 12.1 Å². The van der Waals surface area contributed by atoms with Crippen molar-refractivity contribution in [3.8, 4) is 0 Å². The highest BCUT2D eigenvalue weighted by molar-refractivity contribution is 5.97. The van der Waals surface area contributed by atoms with Gasteiger partial charge in [0.05, 0.1) is 42.4 Å². The van der Waals surface area contributed by atoms with Crippen molar-refractivity contribution in [2.75, 3.05) is 32.7 Å². The zero-order chi connectivity index (χ0) is 17.4. The van der Waals surface area contributed by atoms with E-state index in [9.17, 15) is 9.59 Å². The van der Waals surface area contributed by atoms with Crippen LogP contribution in [0.5, 0.6) is 0 Å². The van der Waals surface area contributed by atoms with Crippen LogP contribution in [-0.4, -0.2) is 44.2 Å². The third-order valence-corrected chi connectivity index (χ3v) is 3.20. The standard InChI is InChI=1S/C17H19N3O4/c1-23-8-7-19-16(21)12-9-13(11-18-10-12)20-15-6-4-3-5-14(15)17(22)24-2/h3-6,9-11,20H,7-8H2,1-2H3,(H,19,21). The van der Waals surface area contributed by atoms with E-state index in [1.54, 1.807) is 43.6 Å². The van der Waals surface area contributed by atoms with Crippen molar-refractivity contribution in [2.45, 2.75) is 0 Å². The number of carbonyl (C=O) groups excluding carboxylic acids is 2. The van der Waals surface area contributed by atoms with Crippen LogP contribution < -0.4 is 10.6 Å². The minimum absolute atomic E-state index is 0.246. The van der Waals surface area contributed by atoms with E-state index in [0.29, 0.717) is 35.7 Å². The Morgan fingerprint density at radius 2 is 1.96 bits per heavy atom. The van der Waals surface area contributed by atoms with Gasteiger partial charge >= 0.3 is 5.97 Å². The molecule has 0 spiro atoms. The van der Waals surface area contributed by atoms with Crippen molar-refractivity contribution in [3.63, 3.8) is 0 Å². The van der Waals surface area contributed by atoms with E-state index in [-0.39, 0.29) is 5.91 Å². The number of nitrogens with zero attached hydrogens (tertiary/aromatic N) is 1. The summed E-state index contributed by atoms with van der Waals surface area (Å²) in [5.74, 6) is -0.691. The van der Waals surface area contributed by atoms with Gasteiger partial charge in [-0.2, -0.15) is 0 Å². The molecule has 0 atom stereocenters. The molecule has 7 nitrogen and oxygen atoms in total. The van der Waals surface area contributed by atoms with Crippen molar-refractivity contribution in [1.29, 1.82) is 0 Å². The first-order valence-corrected chi connectivity index (χ1v) is 7.32. The molecule has 2 N–H and O–H groups in total. The monoisotopic (exact) mass is 329 g/mol. The molecule has 0 radical (unpaired) electrons. The first kappa shape index (κ1) is 17.4. The number of hydrogen-bond donors (Lipinski definition) is 2. The van der Waals surface area contributed by atoms with E-state index in [1.165, 1.54) is 13.3 Å². The molecule has 0 aliphatic heterocycles. The lowest BCUT2D eigenvalue weighted by Gasteiger charge is -2.11.